The number of benzene rings is 4. The van der Waals surface area contributed by atoms with Gasteiger partial charge in [0.25, 0.3) is 5.91 Å². The predicted octanol–water partition coefficient (Wildman–Crippen LogP) is 6.44. The smallest absolute Gasteiger partial charge is 0.253 e. The summed E-state index contributed by atoms with van der Waals surface area (Å²) in [4.78, 5) is 18.0. The van der Waals surface area contributed by atoms with E-state index in [-0.39, 0.29) is 11.9 Å². The fourth-order valence-electron chi connectivity index (χ4n) is 5.24. The molecule has 0 atom stereocenters. The van der Waals surface area contributed by atoms with Crippen LogP contribution in [0.25, 0.3) is 0 Å². The Morgan fingerprint density at radius 1 is 0.769 bits per heavy atom. The van der Waals surface area contributed by atoms with Crippen molar-refractivity contribution in [2.45, 2.75) is 26.5 Å². The molecule has 0 unspecified atom stereocenters. The van der Waals surface area contributed by atoms with E-state index in [1.165, 1.54) is 22.3 Å². The second-order valence-electron chi connectivity index (χ2n) is 10.1. The van der Waals surface area contributed by atoms with Crippen molar-refractivity contribution in [1.82, 2.24) is 9.80 Å². The Hall–Kier alpha value is -4.09. The highest BCUT2D eigenvalue weighted by molar-refractivity contribution is 5.94. The minimum atomic E-state index is 0.0423. The molecule has 1 aliphatic rings. The lowest BCUT2D eigenvalue weighted by Crippen LogP contribution is -2.49. The Morgan fingerprint density at radius 3 is 2.00 bits per heavy atom. The third-order valence-electron chi connectivity index (χ3n) is 7.60. The Balaban J connectivity index is 1.28. The summed E-state index contributed by atoms with van der Waals surface area (Å²) in [5, 5.41) is 0. The molecule has 0 bridgehead atoms. The molecule has 5 heteroatoms. The molecule has 1 heterocycles. The first kappa shape index (κ1) is 26.5. The second kappa shape index (κ2) is 12.2. The monoisotopic (exact) mass is 520 g/mol. The number of rotatable bonds is 8. The number of ether oxygens (including phenoxy) is 2. The Bertz CT molecular complexity index is 1360. The topological polar surface area (TPSA) is 42.0 Å². The van der Waals surface area contributed by atoms with Gasteiger partial charge in [-0.2, -0.15) is 0 Å². The highest BCUT2D eigenvalue weighted by Crippen LogP contribution is 2.30. The molecule has 39 heavy (non-hydrogen) atoms. The Labute approximate surface area is 231 Å². The normalized spacial score (nSPS) is 13.9. The van der Waals surface area contributed by atoms with E-state index in [1.807, 2.05) is 35.2 Å². The average Bonchev–Trinajstić information content (AvgIpc) is 2.99. The van der Waals surface area contributed by atoms with Gasteiger partial charge in [-0.1, -0.05) is 66.7 Å². The lowest BCUT2D eigenvalue weighted by Gasteiger charge is -2.40. The summed E-state index contributed by atoms with van der Waals surface area (Å²) in [6.07, 6.45) is 0. The van der Waals surface area contributed by atoms with Crippen molar-refractivity contribution in [3.05, 3.63) is 130 Å². The van der Waals surface area contributed by atoms with Crippen molar-refractivity contribution in [2.24, 2.45) is 0 Å². The summed E-state index contributed by atoms with van der Waals surface area (Å²) >= 11 is 0. The quantitative estimate of drug-likeness (QED) is 0.268. The number of nitrogens with zero attached hydrogens (tertiary/aromatic N) is 2. The molecule has 0 radical (unpaired) electrons. The van der Waals surface area contributed by atoms with E-state index in [1.54, 1.807) is 7.11 Å². The van der Waals surface area contributed by atoms with Crippen LogP contribution in [0, 0.1) is 13.8 Å². The van der Waals surface area contributed by atoms with Crippen LogP contribution in [0.15, 0.2) is 97.1 Å². The van der Waals surface area contributed by atoms with Gasteiger partial charge in [0.15, 0.2) is 0 Å². The summed E-state index contributed by atoms with van der Waals surface area (Å²) in [6, 6.07) is 33.1. The Kier molecular flexibility index (Phi) is 8.28. The van der Waals surface area contributed by atoms with E-state index in [9.17, 15) is 4.79 Å². The first-order valence-electron chi connectivity index (χ1n) is 13.5. The number of carbonyl (C=O) groups excluding carboxylic acids is 1. The number of methoxy groups -OCH3 is 1. The average molecular weight is 521 g/mol. The van der Waals surface area contributed by atoms with Gasteiger partial charge in [-0.15, -0.1) is 0 Å². The van der Waals surface area contributed by atoms with Crippen LogP contribution < -0.4 is 9.47 Å². The van der Waals surface area contributed by atoms with E-state index < -0.39 is 0 Å². The van der Waals surface area contributed by atoms with Gasteiger partial charge in [0.1, 0.15) is 18.1 Å². The van der Waals surface area contributed by atoms with Crippen molar-refractivity contribution < 1.29 is 14.3 Å². The van der Waals surface area contributed by atoms with E-state index in [0.29, 0.717) is 31.0 Å². The molecule has 1 saturated heterocycles. The molecule has 0 aliphatic carbocycles. The van der Waals surface area contributed by atoms with Crippen molar-refractivity contribution in [3.8, 4) is 11.5 Å². The predicted molar refractivity (Wildman–Crippen MR) is 155 cm³/mol. The standard InChI is InChI=1S/C34H36N2O3/c1-25-14-16-31(22-26(25)2)39-24-30-23-29(15-17-32(30)38-3)34(37)36-20-18-35(19-21-36)33(27-10-6-4-7-11-27)28-12-8-5-9-13-28/h4-17,22-23,33H,18-21,24H2,1-3H3. The van der Waals surface area contributed by atoms with Gasteiger partial charge >= 0.3 is 0 Å². The van der Waals surface area contributed by atoms with Crippen LogP contribution in [-0.4, -0.2) is 49.0 Å². The SMILES string of the molecule is COc1ccc(C(=O)N2CCN(C(c3ccccc3)c3ccccc3)CC2)cc1COc1ccc(C)c(C)c1. The fourth-order valence-corrected chi connectivity index (χ4v) is 5.24. The maximum absolute atomic E-state index is 13.6. The number of carbonyl (C=O) groups is 1. The molecule has 0 saturated carbocycles. The summed E-state index contributed by atoms with van der Waals surface area (Å²) < 4.78 is 11.6. The molecule has 4 aromatic rings. The minimum Gasteiger partial charge on any atom is -0.496 e. The molecule has 5 rings (SSSR count). The van der Waals surface area contributed by atoms with Gasteiger partial charge in [0.05, 0.1) is 13.2 Å². The first-order valence-corrected chi connectivity index (χ1v) is 13.5. The van der Waals surface area contributed by atoms with Crippen LogP contribution >= 0.6 is 0 Å². The van der Waals surface area contributed by atoms with Gasteiger partial charge in [0.2, 0.25) is 0 Å². The van der Waals surface area contributed by atoms with Crippen LogP contribution in [0.3, 0.4) is 0 Å². The zero-order valence-electron chi connectivity index (χ0n) is 23.0. The minimum absolute atomic E-state index is 0.0423. The highest BCUT2D eigenvalue weighted by atomic mass is 16.5. The molecule has 1 aliphatic heterocycles. The third-order valence-corrected chi connectivity index (χ3v) is 7.60. The van der Waals surface area contributed by atoms with Crippen LogP contribution in [0.1, 0.15) is 44.2 Å². The maximum Gasteiger partial charge on any atom is 0.253 e. The summed E-state index contributed by atoms with van der Waals surface area (Å²) in [5.41, 5.74) is 6.47. The van der Waals surface area contributed by atoms with Gasteiger partial charge in [-0.3, -0.25) is 9.69 Å². The molecule has 0 aromatic heterocycles. The second-order valence-corrected chi connectivity index (χ2v) is 10.1. The maximum atomic E-state index is 13.6. The van der Waals surface area contributed by atoms with E-state index in [2.05, 4.69) is 85.5 Å². The highest BCUT2D eigenvalue weighted by Gasteiger charge is 2.28. The van der Waals surface area contributed by atoms with Crippen LogP contribution in [0.5, 0.6) is 11.5 Å². The van der Waals surface area contributed by atoms with Crippen molar-refractivity contribution in [2.75, 3.05) is 33.3 Å². The van der Waals surface area contributed by atoms with Crippen molar-refractivity contribution in [3.63, 3.8) is 0 Å². The van der Waals surface area contributed by atoms with Crippen LogP contribution in [0.4, 0.5) is 0 Å². The van der Waals surface area contributed by atoms with E-state index >= 15 is 0 Å². The lowest BCUT2D eigenvalue weighted by atomic mass is 9.96. The van der Waals surface area contributed by atoms with Gasteiger partial charge in [-0.05, 0) is 66.4 Å². The summed E-state index contributed by atoms with van der Waals surface area (Å²) in [7, 11) is 1.64. The molecule has 1 fully saturated rings. The van der Waals surface area contributed by atoms with Crippen molar-refractivity contribution >= 4 is 5.91 Å². The van der Waals surface area contributed by atoms with E-state index in [4.69, 9.17) is 9.47 Å². The van der Waals surface area contributed by atoms with Crippen LogP contribution in [-0.2, 0) is 6.61 Å². The summed E-state index contributed by atoms with van der Waals surface area (Å²) in [5.74, 6) is 1.56. The third kappa shape index (κ3) is 6.15. The zero-order chi connectivity index (χ0) is 27.2. The van der Waals surface area contributed by atoms with Crippen LogP contribution in [0.2, 0.25) is 0 Å². The lowest BCUT2D eigenvalue weighted by molar-refractivity contribution is 0.0597. The molecular formula is C34H36N2O3. The molecule has 5 nitrogen and oxygen atoms in total. The molecule has 200 valence electrons. The van der Waals surface area contributed by atoms with Gasteiger partial charge in [-0.25, -0.2) is 0 Å². The molecule has 4 aromatic carbocycles. The number of piperazine rings is 1. The van der Waals surface area contributed by atoms with Crippen molar-refractivity contribution in [1.29, 1.82) is 0 Å². The van der Waals surface area contributed by atoms with E-state index in [0.717, 1.165) is 24.4 Å². The zero-order valence-corrected chi connectivity index (χ0v) is 23.0. The largest absolute Gasteiger partial charge is 0.496 e. The number of hydrogen-bond donors (Lipinski definition) is 0. The number of hydrogen-bond acceptors (Lipinski definition) is 4. The fraction of sp³-hybridized carbons (Fsp3) is 0.265. The number of aryl methyl sites for hydroxylation is 2. The molecule has 1 amide bonds. The molecular weight excluding hydrogens is 484 g/mol. The van der Waals surface area contributed by atoms with Gasteiger partial charge < -0.3 is 14.4 Å². The van der Waals surface area contributed by atoms with Gasteiger partial charge in [0, 0.05) is 37.3 Å². The Morgan fingerprint density at radius 2 is 1.41 bits per heavy atom. The summed E-state index contributed by atoms with van der Waals surface area (Å²) in [6.45, 7) is 7.45. The molecule has 0 spiro atoms. The number of amides is 1. The first-order chi connectivity index (χ1) is 19.0. The molecule has 0 N–H and O–H groups in total.